The number of carbonyl (C=O) groups is 3. The molecule has 0 spiro atoms. The van der Waals surface area contributed by atoms with E-state index in [-0.39, 0.29) is 37.2 Å². The van der Waals surface area contributed by atoms with E-state index in [9.17, 15) is 14.4 Å². The third-order valence-electron chi connectivity index (χ3n) is 11.4. The Labute approximate surface area is 563 Å². The number of rotatable bonds is 20. The molecule has 25 nitrogen and oxygen atoms in total. The molecule has 0 aliphatic carbocycles. The van der Waals surface area contributed by atoms with Crippen LogP contribution >= 0.6 is 63.9 Å². The standard InChI is InChI=1S/C12H13BrN2O3.C11H11N3O2.C10H11BrN2O2.C10H14BrNO2.C10H15NO2.C4H4BrNO2.2CN.Zn/c1-8(16)15-11-6-12(18-4-3-17-2)10(13)5-9(11)7-14-15;1-12-10-5-8-7-13-14-9(8)6-11(10)16-4-3-15-2;1-14-2-3-15-10-5-9-7(4-8(10)11)6-12-13-9;1-7-5-8(11)10(6-9(7)12)14-4-3-13-2;1-8-3-4-9(7-10(8)11)13-6-5-12-2;5-6-3(7)1-2-4(6)8;2*1-2;/h5-7H,3-4H2,1-2H3;5-7H,3-4H2,2H3,(H,13,14);4-6H,2-3H2,1H3,(H,12,13);5-6H,3-4,12H2,1-2H3;3-4,7H,5-6,11H2,1-2H3;1-2H2;;;/q;;;;;;2*-1;+2. The number of amides is 2. The minimum atomic E-state index is -0.144. The number of nitrogens with two attached hydrogens (primary N) is 2. The molecule has 8 aromatic rings. The topological polar surface area (TPSA) is 326 Å². The van der Waals surface area contributed by atoms with Gasteiger partial charge in [-0.25, -0.2) is 13.5 Å². The van der Waals surface area contributed by atoms with Crippen LogP contribution in [0.2, 0.25) is 0 Å². The fourth-order valence-electron chi connectivity index (χ4n) is 6.82. The van der Waals surface area contributed by atoms with Crippen molar-refractivity contribution in [2.24, 2.45) is 0 Å². The maximum Gasteiger partial charge on any atom is 2.00 e. The summed E-state index contributed by atoms with van der Waals surface area (Å²) in [6.45, 7) is 27.2. The maximum absolute atomic E-state index is 11.4. The Hall–Kier alpha value is -7.27. The Morgan fingerprint density at radius 3 is 1.44 bits per heavy atom. The monoisotopic (exact) mass is 1530 g/mol. The number of aryl methyl sites for hydroxylation is 2. The summed E-state index contributed by atoms with van der Waals surface area (Å²) in [4.78, 5) is 35.7. The van der Waals surface area contributed by atoms with E-state index in [1.807, 2.05) is 62.4 Å². The Balaban J connectivity index is 0.000000532. The number of benzene rings is 5. The zero-order valence-corrected chi connectivity index (χ0v) is 59.6. The van der Waals surface area contributed by atoms with Gasteiger partial charge in [0.15, 0.2) is 0 Å². The first-order chi connectivity index (χ1) is 42.4. The molecule has 5 aromatic carbocycles. The molecule has 3 aromatic heterocycles. The van der Waals surface area contributed by atoms with E-state index in [4.69, 9.17) is 89.1 Å². The van der Waals surface area contributed by atoms with Gasteiger partial charge in [0.2, 0.25) is 23.4 Å². The van der Waals surface area contributed by atoms with Gasteiger partial charge in [0.25, 0.3) is 0 Å². The van der Waals surface area contributed by atoms with Gasteiger partial charge in [0.1, 0.15) is 61.8 Å². The molecule has 30 heteroatoms. The molecule has 4 heterocycles. The summed E-state index contributed by atoms with van der Waals surface area (Å²) in [5.41, 5.74) is 18.1. The number of halogens is 4. The number of anilines is 2. The average Bonchev–Trinajstić information content (AvgIpc) is 3.59. The van der Waals surface area contributed by atoms with Crippen LogP contribution in [-0.4, -0.2) is 153 Å². The average molecular weight is 1540 g/mol. The van der Waals surface area contributed by atoms with Crippen LogP contribution in [0.4, 0.5) is 17.1 Å². The van der Waals surface area contributed by atoms with Crippen LogP contribution in [0.25, 0.3) is 37.6 Å². The van der Waals surface area contributed by atoms with E-state index in [2.05, 4.69) is 94.3 Å². The van der Waals surface area contributed by atoms with Crippen molar-refractivity contribution in [3.05, 3.63) is 134 Å². The zero-order chi connectivity index (χ0) is 65.6. The molecule has 0 radical (unpaired) electrons. The van der Waals surface area contributed by atoms with Crippen molar-refractivity contribution in [1.82, 2.24) is 34.1 Å². The van der Waals surface area contributed by atoms with Crippen LogP contribution in [0.3, 0.4) is 0 Å². The number of carbonyl (C=O) groups excluding carboxylic acids is 3. The Kier molecular flexibility index (Phi) is 40.4. The van der Waals surface area contributed by atoms with Gasteiger partial charge in [0, 0.05) is 107 Å². The molecule has 1 aliphatic rings. The van der Waals surface area contributed by atoms with Crippen LogP contribution in [0.1, 0.15) is 35.7 Å². The van der Waals surface area contributed by atoms with Crippen molar-refractivity contribution < 1.29 is 81.2 Å². The van der Waals surface area contributed by atoms with Crippen LogP contribution in [0, 0.1) is 44.1 Å². The number of nitrogens with zero attached hydrogens (tertiary/aromatic N) is 8. The number of hydrogen-bond acceptors (Lipinski definition) is 20. The van der Waals surface area contributed by atoms with Gasteiger partial charge in [-0.15, -0.1) is 0 Å². The second-order valence-corrected chi connectivity index (χ2v) is 20.8. The number of aromatic nitrogens is 6. The molecule has 0 bridgehead atoms. The predicted octanol–water partition coefficient (Wildman–Crippen LogP) is 11.6. The minimum Gasteiger partial charge on any atom is -0.512 e. The normalized spacial score (nSPS) is 10.8. The number of fused-ring (bicyclic) bond motifs is 3. The minimum absolute atomic E-state index is 0. The van der Waals surface area contributed by atoms with Crippen LogP contribution in [0.5, 0.6) is 28.7 Å². The third kappa shape index (κ3) is 27.6. The fraction of sp³-hybridized carbons (Fsp3) is 0.339. The first kappa shape index (κ1) is 79.7. The summed E-state index contributed by atoms with van der Waals surface area (Å²) < 4.78 is 56.9. The number of hydrogen-bond donors (Lipinski definition) is 4. The van der Waals surface area contributed by atoms with Gasteiger partial charge < -0.3 is 82.5 Å². The zero-order valence-electron chi connectivity index (χ0n) is 50.3. The molecule has 89 heavy (non-hydrogen) atoms. The second kappa shape index (κ2) is 45.1. The second-order valence-electron chi connectivity index (χ2n) is 17.5. The van der Waals surface area contributed by atoms with Crippen molar-refractivity contribution >= 4 is 131 Å². The van der Waals surface area contributed by atoms with Crippen molar-refractivity contribution in [2.75, 3.05) is 113 Å². The van der Waals surface area contributed by atoms with E-state index in [1.54, 1.807) is 72.3 Å². The molecule has 1 saturated heterocycles. The molecule has 6 N–H and O–H groups in total. The van der Waals surface area contributed by atoms with Gasteiger partial charge in [-0.3, -0.25) is 24.6 Å². The summed E-state index contributed by atoms with van der Waals surface area (Å²) in [5.74, 6) is 3.15. The predicted molar refractivity (Wildman–Crippen MR) is 346 cm³/mol. The van der Waals surface area contributed by atoms with E-state index in [1.165, 1.54) is 11.6 Å². The molecule has 1 fully saturated rings. The molecule has 0 saturated carbocycles. The molecule has 0 atom stereocenters. The van der Waals surface area contributed by atoms with E-state index in [0.717, 1.165) is 89.8 Å². The number of nitrogens with one attached hydrogen (secondary N) is 2. The molecule has 2 amide bonds. The Morgan fingerprint density at radius 2 is 0.989 bits per heavy atom. The van der Waals surface area contributed by atoms with Crippen LogP contribution in [-0.2, 0) is 52.8 Å². The molecule has 1 aliphatic heterocycles. The summed E-state index contributed by atoms with van der Waals surface area (Å²) in [6, 6.07) is 20.5. The van der Waals surface area contributed by atoms with Crippen molar-refractivity contribution in [3.63, 3.8) is 0 Å². The maximum atomic E-state index is 11.4. The number of nitrogen functional groups attached to an aromatic ring is 2. The molecule has 0 unspecified atom stereocenters. The third-order valence-corrected chi connectivity index (χ3v) is 14.0. The number of ether oxygens (including phenoxy) is 10. The quantitative estimate of drug-likeness (QED) is 0.0138. The van der Waals surface area contributed by atoms with Crippen molar-refractivity contribution in [3.8, 4) is 28.7 Å². The molecule has 472 valence electrons. The van der Waals surface area contributed by atoms with Crippen molar-refractivity contribution in [1.29, 1.82) is 10.5 Å². The largest absolute Gasteiger partial charge is 2.00 e. The van der Waals surface area contributed by atoms with E-state index in [0.29, 0.717) is 96.1 Å². The number of methoxy groups -OCH3 is 5. The number of imide groups is 1. The van der Waals surface area contributed by atoms with E-state index >= 15 is 0 Å². The van der Waals surface area contributed by atoms with Crippen LogP contribution < -0.4 is 35.2 Å². The van der Waals surface area contributed by atoms with Crippen LogP contribution in [0.15, 0.2) is 98.7 Å². The van der Waals surface area contributed by atoms with Crippen molar-refractivity contribution in [2.45, 2.75) is 33.6 Å². The van der Waals surface area contributed by atoms with Gasteiger partial charge in [-0.2, -0.15) is 15.3 Å². The smallest absolute Gasteiger partial charge is 0.512 e. The number of H-pyrrole nitrogens is 2. The summed E-state index contributed by atoms with van der Waals surface area (Å²) in [6.07, 6.45) is 5.82. The first-order valence-corrected chi connectivity index (χ1v) is 29.1. The fourth-order valence-corrected chi connectivity index (χ4v) is 8.70. The molecule has 9 rings (SSSR count). The van der Waals surface area contributed by atoms with Gasteiger partial charge >= 0.3 is 19.5 Å². The van der Waals surface area contributed by atoms with Gasteiger partial charge in [-0.05, 0) is 109 Å². The Morgan fingerprint density at radius 1 is 0.573 bits per heavy atom. The molecular weight excluding hydrogens is 1470 g/mol. The van der Waals surface area contributed by atoms with Gasteiger partial charge in [-0.1, -0.05) is 6.07 Å². The van der Waals surface area contributed by atoms with E-state index < -0.39 is 0 Å². The SMILES string of the molecule is COCCOc1cc(N)c(C)cc1Br.COCCOc1cc2[nH]ncc2cc1Br.COCCOc1cc2c(cnn2C(C)=O)cc1Br.COCCOc1ccc(C)c(N)c1.O=C1CCC(=O)N1Br.[C-]#N.[C-]#N.[C-]#[N+]c1cc2cn[nH]c2cc1OCCOC.[Zn+2]. The van der Waals surface area contributed by atoms with Gasteiger partial charge in [0.05, 0.1) is 104 Å². The molecular formula is C59H68Br4N12O13Zn. The first-order valence-electron chi connectivity index (χ1n) is 26.0. The summed E-state index contributed by atoms with van der Waals surface area (Å²) in [5, 5.41) is 33.0. The summed E-state index contributed by atoms with van der Waals surface area (Å²) in [7, 11) is 8.16. The summed E-state index contributed by atoms with van der Waals surface area (Å²) >= 11 is 13.1. The Bertz CT molecular complexity index is 3500. The number of aromatic amines is 2.